The molecule has 4 nitrogen and oxygen atoms in total. The minimum atomic E-state index is -0.0228. The molecule has 4 heteroatoms. The standard InChI is InChI=1S/C19H27NO3/c1-22-17-12-10-15(14-18(17)23-2)11-13-19(21)20-16-8-6-4-3-5-7-9-16/h10-14,16H,3-9H2,1-2H3,(H,20,21). The second-order valence-electron chi connectivity index (χ2n) is 6.00. The van der Waals surface area contributed by atoms with E-state index in [1.165, 1.54) is 32.1 Å². The molecule has 1 saturated carbocycles. The minimum Gasteiger partial charge on any atom is -0.493 e. The van der Waals surface area contributed by atoms with Gasteiger partial charge in [0.2, 0.25) is 5.91 Å². The monoisotopic (exact) mass is 317 g/mol. The van der Waals surface area contributed by atoms with Gasteiger partial charge in [0.05, 0.1) is 14.2 Å². The van der Waals surface area contributed by atoms with Crippen LogP contribution in [0.3, 0.4) is 0 Å². The van der Waals surface area contributed by atoms with Crippen molar-refractivity contribution in [3.63, 3.8) is 0 Å². The lowest BCUT2D eigenvalue weighted by atomic mass is 9.97. The smallest absolute Gasteiger partial charge is 0.244 e. The highest BCUT2D eigenvalue weighted by Crippen LogP contribution is 2.27. The maximum Gasteiger partial charge on any atom is 0.244 e. The molecule has 0 spiro atoms. The van der Waals surface area contributed by atoms with Crippen LogP contribution in [0.25, 0.3) is 6.08 Å². The van der Waals surface area contributed by atoms with Gasteiger partial charge < -0.3 is 14.8 Å². The van der Waals surface area contributed by atoms with E-state index in [9.17, 15) is 4.79 Å². The van der Waals surface area contributed by atoms with Crippen molar-refractivity contribution in [3.8, 4) is 11.5 Å². The highest BCUT2D eigenvalue weighted by molar-refractivity contribution is 5.92. The van der Waals surface area contributed by atoms with Gasteiger partial charge in [0, 0.05) is 12.1 Å². The first-order valence-corrected chi connectivity index (χ1v) is 8.43. The summed E-state index contributed by atoms with van der Waals surface area (Å²) >= 11 is 0. The van der Waals surface area contributed by atoms with Crippen molar-refractivity contribution in [2.75, 3.05) is 14.2 Å². The summed E-state index contributed by atoms with van der Waals surface area (Å²) in [5.74, 6) is 1.32. The molecule has 0 atom stereocenters. The number of methoxy groups -OCH3 is 2. The molecule has 0 bridgehead atoms. The van der Waals surface area contributed by atoms with Crippen LogP contribution in [0.4, 0.5) is 0 Å². The molecule has 1 fully saturated rings. The van der Waals surface area contributed by atoms with E-state index in [1.54, 1.807) is 26.4 Å². The molecule has 0 radical (unpaired) electrons. The van der Waals surface area contributed by atoms with Gasteiger partial charge in [-0.15, -0.1) is 0 Å². The van der Waals surface area contributed by atoms with Crippen LogP contribution >= 0.6 is 0 Å². The molecule has 0 saturated heterocycles. The Kier molecular flexibility index (Phi) is 6.98. The Bertz CT molecular complexity index is 531. The second-order valence-corrected chi connectivity index (χ2v) is 6.00. The summed E-state index contributed by atoms with van der Waals surface area (Å²) in [4.78, 5) is 12.1. The fraction of sp³-hybridized carbons (Fsp3) is 0.526. The van der Waals surface area contributed by atoms with Crippen molar-refractivity contribution in [3.05, 3.63) is 29.8 Å². The van der Waals surface area contributed by atoms with Crippen LogP contribution in [0, 0.1) is 0 Å². The summed E-state index contributed by atoms with van der Waals surface area (Å²) in [5, 5.41) is 3.13. The van der Waals surface area contributed by atoms with E-state index in [4.69, 9.17) is 9.47 Å². The molecule has 1 N–H and O–H groups in total. The van der Waals surface area contributed by atoms with Crippen LogP contribution < -0.4 is 14.8 Å². The van der Waals surface area contributed by atoms with Crippen molar-refractivity contribution in [2.24, 2.45) is 0 Å². The van der Waals surface area contributed by atoms with Crippen molar-refractivity contribution in [1.29, 1.82) is 0 Å². The van der Waals surface area contributed by atoms with E-state index in [0.717, 1.165) is 18.4 Å². The number of ether oxygens (including phenoxy) is 2. The third kappa shape index (κ3) is 5.62. The van der Waals surface area contributed by atoms with Crippen LogP contribution in [-0.4, -0.2) is 26.2 Å². The fourth-order valence-electron chi connectivity index (χ4n) is 2.98. The zero-order valence-corrected chi connectivity index (χ0v) is 14.1. The number of benzene rings is 1. The second kappa shape index (κ2) is 9.23. The van der Waals surface area contributed by atoms with Crippen molar-refractivity contribution >= 4 is 12.0 Å². The van der Waals surface area contributed by atoms with Crippen LogP contribution in [-0.2, 0) is 4.79 Å². The predicted molar refractivity (Wildman–Crippen MR) is 92.8 cm³/mol. The third-order valence-corrected chi connectivity index (χ3v) is 4.29. The van der Waals surface area contributed by atoms with Gasteiger partial charge in [0.25, 0.3) is 0 Å². The maximum atomic E-state index is 12.1. The lowest BCUT2D eigenvalue weighted by Gasteiger charge is -2.20. The molecule has 0 heterocycles. The van der Waals surface area contributed by atoms with Gasteiger partial charge in [0.15, 0.2) is 11.5 Å². The first-order chi connectivity index (χ1) is 11.2. The van der Waals surface area contributed by atoms with E-state index in [2.05, 4.69) is 5.32 Å². The van der Waals surface area contributed by atoms with E-state index < -0.39 is 0 Å². The Morgan fingerprint density at radius 1 is 1.04 bits per heavy atom. The molecule has 0 aliphatic heterocycles. The molecule has 23 heavy (non-hydrogen) atoms. The summed E-state index contributed by atoms with van der Waals surface area (Å²) in [7, 11) is 3.21. The van der Waals surface area contributed by atoms with Crippen LogP contribution in [0.15, 0.2) is 24.3 Å². The zero-order valence-electron chi connectivity index (χ0n) is 14.1. The number of rotatable bonds is 5. The SMILES string of the molecule is COc1ccc(C=CC(=O)NC2CCCCCCC2)cc1OC. The Balaban J connectivity index is 1.92. The van der Waals surface area contributed by atoms with Gasteiger partial charge in [-0.05, 0) is 36.6 Å². The van der Waals surface area contributed by atoms with Gasteiger partial charge >= 0.3 is 0 Å². The number of nitrogens with one attached hydrogen (secondary N) is 1. The van der Waals surface area contributed by atoms with Gasteiger partial charge in [-0.2, -0.15) is 0 Å². The molecular formula is C19H27NO3. The van der Waals surface area contributed by atoms with Gasteiger partial charge in [0.1, 0.15) is 0 Å². The molecular weight excluding hydrogens is 290 g/mol. The van der Waals surface area contributed by atoms with Crippen molar-refractivity contribution in [2.45, 2.75) is 51.0 Å². The zero-order chi connectivity index (χ0) is 16.5. The van der Waals surface area contributed by atoms with E-state index in [-0.39, 0.29) is 5.91 Å². The molecule has 126 valence electrons. The summed E-state index contributed by atoms with van der Waals surface area (Å²) in [6, 6.07) is 5.92. The van der Waals surface area contributed by atoms with Crippen LogP contribution in [0.1, 0.15) is 50.5 Å². The average Bonchev–Trinajstić information content (AvgIpc) is 2.55. The number of hydrogen-bond donors (Lipinski definition) is 1. The summed E-state index contributed by atoms with van der Waals surface area (Å²) < 4.78 is 10.5. The molecule has 0 unspecified atom stereocenters. The van der Waals surface area contributed by atoms with Crippen molar-refractivity contribution in [1.82, 2.24) is 5.32 Å². The molecule has 1 aromatic rings. The first kappa shape index (κ1) is 17.4. The highest BCUT2D eigenvalue weighted by Gasteiger charge is 2.12. The quantitative estimate of drug-likeness (QED) is 0.837. The molecule has 0 aromatic heterocycles. The Morgan fingerprint density at radius 2 is 1.70 bits per heavy atom. The van der Waals surface area contributed by atoms with Crippen LogP contribution in [0.5, 0.6) is 11.5 Å². The number of carbonyl (C=O) groups excluding carboxylic acids is 1. The molecule has 1 aliphatic carbocycles. The highest BCUT2D eigenvalue weighted by atomic mass is 16.5. The van der Waals surface area contributed by atoms with Crippen molar-refractivity contribution < 1.29 is 14.3 Å². The topological polar surface area (TPSA) is 47.6 Å². The summed E-state index contributed by atoms with van der Waals surface area (Å²) in [5.41, 5.74) is 0.912. The number of hydrogen-bond acceptors (Lipinski definition) is 3. The first-order valence-electron chi connectivity index (χ1n) is 8.43. The van der Waals surface area contributed by atoms with Gasteiger partial charge in [-0.25, -0.2) is 0 Å². The Hall–Kier alpha value is -1.97. The minimum absolute atomic E-state index is 0.0228. The van der Waals surface area contributed by atoms with E-state index in [1.807, 2.05) is 18.2 Å². The fourth-order valence-corrected chi connectivity index (χ4v) is 2.98. The third-order valence-electron chi connectivity index (χ3n) is 4.29. The lowest BCUT2D eigenvalue weighted by Crippen LogP contribution is -2.34. The number of carbonyl (C=O) groups is 1. The molecule has 1 aromatic carbocycles. The summed E-state index contributed by atoms with van der Waals surface area (Å²) in [6.07, 6.45) is 11.9. The number of amides is 1. The van der Waals surface area contributed by atoms with E-state index in [0.29, 0.717) is 17.5 Å². The summed E-state index contributed by atoms with van der Waals surface area (Å²) in [6.45, 7) is 0. The molecule has 1 aliphatic rings. The normalized spacial score (nSPS) is 16.6. The largest absolute Gasteiger partial charge is 0.493 e. The predicted octanol–water partition coefficient (Wildman–Crippen LogP) is 3.95. The van der Waals surface area contributed by atoms with Crippen LogP contribution in [0.2, 0.25) is 0 Å². The lowest BCUT2D eigenvalue weighted by molar-refractivity contribution is -0.117. The average molecular weight is 317 g/mol. The molecule has 2 rings (SSSR count). The molecule has 1 amide bonds. The Labute approximate surface area is 138 Å². The Morgan fingerprint density at radius 3 is 2.35 bits per heavy atom. The van der Waals surface area contributed by atoms with E-state index >= 15 is 0 Å². The van der Waals surface area contributed by atoms with Gasteiger partial charge in [-0.1, -0.05) is 38.2 Å². The maximum absolute atomic E-state index is 12.1. The van der Waals surface area contributed by atoms with Gasteiger partial charge in [-0.3, -0.25) is 4.79 Å².